The standard InChI is InChI=1S/C13H12ClNO3S2/c1-3-15-12(17)10(20-13(15)19)6-7-4-8(14)11(16)9(5-7)18-2/h4-6,16H,3H2,1-2H3/b10-6-. The van der Waals surface area contributed by atoms with Crippen LogP contribution in [0.2, 0.25) is 5.02 Å². The number of carbonyl (C=O) groups is 1. The summed E-state index contributed by atoms with van der Waals surface area (Å²) in [6.07, 6.45) is 1.68. The van der Waals surface area contributed by atoms with Crippen molar-refractivity contribution in [1.29, 1.82) is 0 Å². The predicted octanol–water partition coefficient (Wildman–Crippen LogP) is 3.28. The Kier molecular flexibility index (Phi) is 4.57. The fourth-order valence-corrected chi connectivity index (χ4v) is 3.36. The lowest BCUT2D eigenvalue weighted by atomic mass is 10.2. The molecule has 0 saturated carbocycles. The smallest absolute Gasteiger partial charge is 0.266 e. The Morgan fingerprint density at radius 1 is 1.55 bits per heavy atom. The molecular formula is C13H12ClNO3S2. The fraction of sp³-hybridized carbons (Fsp3) is 0.231. The van der Waals surface area contributed by atoms with E-state index in [1.54, 1.807) is 18.2 Å². The van der Waals surface area contributed by atoms with Crippen LogP contribution in [0.4, 0.5) is 0 Å². The second kappa shape index (κ2) is 6.03. The van der Waals surface area contributed by atoms with E-state index >= 15 is 0 Å². The summed E-state index contributed by atoms with van der Waals surface area (Å²) < 4.78 is 5.57. The highest BCUT2D eigenvalue weighted by atomic mass is 35.5. The lowest BCUT2D eigenvalue weighted by molar-refractivity contribution is -0.121. The van der Waals surface area contributed by atoms with E-state index in [0.717, 1.165) is 0 Å². The number of thioether (sulfide) groups is 1. The van der Waals surface area contributed by atoms with Crippen LogP contribution in [-0.2, 0) is 4.79 Å². The van der Waals surface area contributed by atoms with Crippen molar-refractivity contribution in [2.45, 2.75) is 6.92 Å². The van der Waals surface area contributed by atoms with Gasteiger partial charge in [-0.25, -0.2) is 0 Å². The average Bonchev–Trinajstić information content (AvgIpc) is 2.68. The van der Waals surface area contributed by atoms with Gasteiger partial charge in [-0.3, -0.25) is 9.69 Å². The zero-order chi connectivity index (χ0) is 14.9. The van der Waals surface area contributed by atoms with Gasteiger partial charge in [0.1, 0.15) is 4.32 Å². The Morgan fingerprint density at radius 2 is 2.25 bits per heavy atom. The van der Waals surface area contributed by atoms with Crippen LogP contribution in [0.5, 0.6) is 11.5 Å². The molecule has 2 rings (SSSR count). The van der Waals surface area contributed by atoms with Crippen LogP contribution in [0.1, 0.15) is 12.5 Å². The van der Waals surface area contributed by atoms with Gasteiger partial charge in [0, 0.05) is 6.54 Å². The summed E-state index contributed by atoms with van der Waals surface area (Å²) in [6, 6.07) is 3.18. The van der Waals surface area contributed by atoms with E-state index in [1.807, 2.05) is 6.92 Å². The zero-order valence-electron chi connectivity index (χ0n) is 10.8. The van der Waals surface area contributed by atoms with Gasteiger partial charge in [0.05, 0.1) is 17.0 Å². The third-order valence-electron chi connectivity index (χ3n) is 2.76. The molecule has 106 valence electrons. The number of hydrogen-bond donors (Lipinski definition) is 1. The summed E-state index contributed by atoms with van der Waals surface area (Å²) in [6.45, 7) is 2.41. The van der Waals surface area contributed by atoms with Gasteiger partial charge in [0.15, 0.2) is 11.5 Å². The topological polar surface area (TPSA) is 49.8 Å². The number of likely N-dealkylation sites (N-methyl/N-ethyl adjacent to an activating group) is 1. The Bertz CT molecular complexity index is 616. The third kappa shape index (κ3) is 2.77. The minimum absolute atomic E-state index is 0.118. The first kappa shape index (κ1) is 15.2. The molecule has 1 aliphatic rings. The molecule has 1 amide bonds. The van der Waals surface area contributed by atoms with Crippen molar-refractivity contribution in [1.82, 2.24) is 4.90 Å². The van der Waals surface area contributed by atoms with Crippen LogP contribution < -0.4 is 4.74 Å². The Morgan fingerprint density at radius 3 is 2.80 bits per heavy atom. The summed E-state index contributed by atoms with van der Waals surface area (Å²) in [7, 11) is 1.44. The minimum Gasteiger partial charge on any atom is -0.503 e. The lowest BCUT2D eigenvalue weighted by Gasteiger charge is -2.09. The molecule has 0 aliphatic carbocycles. The Hall–Kier alpha value is -1.24. The van der Waals surface area contributed by atoms with Crippen molar-refractivity contribution < 1.29 is 14.6 Å². The van der Waals surface area contributed by atoms with Crippen molar-refractivity contribution in [3.63, 3.8) is 0 Å². The number of amides is 1. The highest BCUT2D eigenvalue weighted by Gasteiger charge is 2.30. The quantitative estimate of drug-likeness (QED) is 0.681. The van der Waals surface area contributed by atoms with Crippen molar-refractivity contribution in [2.24, 2.45) is 0 Å². The molecule has 20 heavy (non-hydrogen) atoms. The second-order valence-corrected chi connectivity index (χ2v) is 6.06. The van der Waals surface area contributed by atoms with Crippen LogP contribution in [0.25, 0.3) is 6.08 Å². The van der Waals surface area contributed by atoms with Crippen molar-refractivity contribution in [3.05, 3.63) is 27.6 Å². The molecule has 1 heterocycles. The largest absolute Gasteiger partial charge is 0.503 e. The van der Waals surface area contributed by atoms with Gasteiger partial charge < -0.3 is 9.84 Å². The SMILES string of the molecule is CCN1C(=O)/C(=C/c2cc(Cl)c(O)c(OC)c2)SC1=S. The minimum atomic E-state index is -0.120. The number of thiocarbonyl (C=S) groups is 1. The Labute approximate surface area is 131 Å². The van der Waals surface area contributed by atoms with E-state index in [0.29, 0.717) is 21.3 Å². The Balaban J connectivity index is 2.39. The van der Waals surface area contributed by atoms with Crippen LogP contribution in [0.15, 0.2) is 17.0 Å². The maximum Gasteiger partial charge on any atom is 0.266 e. The van der Waals surface area contributed by atoms with Gasteiger partial charge in [-0.1, -0.05) is 35.6 Å². The van der Waals surface area contributed by atoms with Crippen LogP contribution in [0, 0.1) is 0 Å². The van der Waals surface area contributed by atoms with Gasteiger partial charge in [-0.2, -0.15) is 0 Å². The van der Waals surface area contributed by atoms with E-state index in [4.69, 9.17) is 28.6 Å². The third-order valence-corrected chi connectivity index (χ3v) is 4.42. The molecule has 0 unspecified atom stereocenters. The summed E-state index contributed by atoms with van der Waals surface area (Å²) >= 11 is 12.3. The van der Waals surface area contributed by atoms with E-state index in [-0.39, 0.29) is 22.4 Å². The highest BCUT2D eigenvalue weighted by Crippen LogP contribution is 2.37. The number of ether oxygens (including phenoxy) is 1. The number of halogens is 1. The summed E-state index contributed by atoms with van der Waals surface area (Å²) in [5.74, 6) is 0.0211. The van der Waals surface area contributed by atoms with Gasteiger partial charge >= 0.3 is 0 Å². The number of nitrogens with zero attached hydrogens (tertiary/aromatic N) is 1. The van der Waals surface area contributed by atoms with E-state index < -0.39 is 0 Å². The second-order valence-electron chi connectivity index (χ2n) is 3.98. The molecule has 0 bridgehead atoms. The number of rotatable bonds is 3. The first-order valence-electron chi connectivity index (χ1n) is 5.79. The molecule has 0 atom stereocenters. The van der Waals surface area contributed by atoms with Crippen LogP contribution in [-0.4, -0.2) is 33.9 Å². The molecule has 0 radical (unpaired) electrons. The maximum atomic E-state index is 12.1. The molecule has 0 aromatic heterocycles. The van der Waals surface area contributed by atoms with Gasteiger partial charge in [-0.05, 0) is 30.7 Å². The van der Waals surface area contributed by atoms with Gasteiger partial charge in [-0.15, -0.1) is 0 Å². The van der Waals surface area contributed by atoms with Crippen LogP contribution >= 0.6 is 35.6 Å². The first-order valence-corrected chi connectivity index (χ1v) is 7.40. The van der Waals surface area contributed by atoms with E-state index in [1.165, 1.54) is 23.8 Å². The monoisotopic (exact) mass is 329 g/mol. The average molecular weight is 330 g/mol. The number of benzene rings is 1. The molecule has 1 aromatic carbocycles. The molecule has 0 spiro atoms. The van der Waals surface area contributed by atoms with E-state index in [9.17, 15) is 9.90 Å². The molecule has 1 saturated heterocycles. The number of hydrogen-bond acceptors (Lipinski definition) is 5. The normalized spacial score (nSPS) is 17.1. The molecule has 1 aliphatic heterocycles. The molecule has 4 nitrogen and oxygen atoms in total. The van der Waals surface area contributed by atoms with Crippen molar-refractivity contribution >= 4 is 51.9 Å². The molecule has 1 N–H and O–H groups in total. The lowest BCUT2D eigenvalue weighted by Crippen LogP contribution is -2.27. The van der Waals surface area contributed by atoms with Crippen molar-refractivity contribution in [2.75, 3.05) is 13.7 Å². The summed E-state index contributed by atoms with van der Waals surface area (Å²) in [5, 5.41) is 9.85. The van der Waals surface area contributed by atoms with Gasteiger partial charge in [0.25, 0.3) is 5.91 Å². The number of phenols is 1. The van der Waals surface area contributed by atoms with Crippen molar-refractivity contribution in [3.8, 4) is 11.5 Å². The molecular weight excluding hydrogens is 318 g/mol. The zero-order valence-corrected chi connectivity index (χ0v) is 13.2. The molecule has 7 heteroatoms. The molecule has 1 fully saturated rings. The highest BCUT2D eigenvalue weighted by molar-refractivity contribution is 8.26. The fourth-order valence-electron chi connectivity index (χ4n) is 1.76. The number of aromatic hydroxyl groups is 1. The van der Waals surface area contributed by atoms with Gasteiger partial charge in [0.2, 0.25) is 0 Å². The summed E-state index contributed by atoms with van der Waals surface area (Å²) in [4.78, 5) is 14.2. The number of methoxy groups -OCH3 is 1. The summed E-state index contributed by atoms with van der Waals surface area (Å²) in [5.41, 5.74) is 0.668. The predicted molar refractivity (Wildman–Crippen MR) is 85.2 cm³/mol. The van der Waals surface area contributed by atoms with Crippen LogP contribution in [0.3, 0.4) is 0 Å². The molecule has 1 aromatic rings. The van der Waals surface area contributed by atoms with E-state index in [2.05, 4.69) is 0 Å². The number of phenolic OH excluding ortho intramolecular Hbond substituents is 1. The number of carbonyl (C=O) groups excluding carboxylic acids is 1. The first-order chi connectivity index (χ1) is 9.47. The maximum absolute atomic E-state index is 12.1.